The van der Waals surface area contributed by atoms with Crippen molar-refractivity contribution in [2.45, 2.75) is 40.5 Å². The summed E-state index contributed by atoms with van der Waals surface area (Å²) in [6.45, 7) is 9.23. The zero-order valence-electron chi connectivity index (χ0n) is 13.6. The quantitative estimate of drug-likeness (QED) is 0.474. The second kappa shape index (κ2) is 5.71. The molecule has 1 aromatic carbocycles. The lowest BCUT2D eigenvalue weighted by Gasteiger charge is -2.40. The van der Waals surface area contributed by atoms with Crippen molar-refractivity contribution in [1.82, 2.24) is 0 Å². The third kappa shape index (κ3) is 2.85. The minimum Gasteiger partial charge on any atom is -0.461 e. The van der Waals surface area contributed by atoms with Crippen molar-refractivity contribution < 1.29 is 14.5 Å². The molecule has 0 radical (unpaired) electrons. The molecule has 1 saturated carbocycles. The third-order valence-electron chi connectivity index (χ3n) is 5.75. The van der Waals surface area contributed by atoms with Gasteiger partial charge in [-0.25, -0.2) is 4.79 Å². The summed E-state index contributed by atoms with van der Waals surface area (Å²) < 4.78 is 5.49. The van der Waals surface area contributed by atoms with Crippen LogP contribution in [0.25, 0.3) is 0 Å². The molecule has 0 aromatic heterocycles. The van der Waals surface area contributed by atoms with Crippen LogP contribution in [0.1, 0.15) is 50.9 Å². The maximum absolute atomic E-state index is 12.1. The van der Waals surface area contributed by atoms with Crippen LogP contribution in [0.5, 0.6) is 0 Å². The highest BCUT2D eigenvalue weighted by Crippen LogP contribution is 2.55. The SMILES string of the molecule is C[C@@H]1CC[C@](C)(COC(=O)c2ccc([N+](=O)[O-])cc2)C1(C)C. The topological polar surface area (TPSA) is 69.4 Å². The number of ether oxygens (including phenoxy) is 1. The molecule has 1 fully saturated rings. The first kappa shape index (κ1) is 16.5. The van der Waals surface area contributed by atoms with Crippen molar-refractivity contribution in [3.8, 4) is 0 Å². The van der Waals surface area contributed by atoms with Gasteiger partial charge in [-0.2, -0.15) is 0 Å². The summed E-state index contributed by atoms with van der Waals surface area (Å²) in [6.07, 6.45) is 2.17. The van der Waals surface area contributed by atoms with Crippen molar-refractivity contribution >= 4 is 11.7 Å². The molecule has 22 heavy (non-hydrogen) atoms. The van der Waals surface area contributed by atoms with Gasteiger partial charge in [0, 0.05) is 17.5 Å². The van der Waals surface area contributed by atoms with Crippen LogP contribution in [0.4, 0.5) is 5.69 Å². The van der Waals surface area contributed by atoms with Crippen LogP contribution in [0.3, 0.4) is 0 Å². The summed E-state index contributed by atoms with van der Waals surface area (Å²) in [5, 5.41) is 10.6. The Morgan fingerprint density at radius 3 is 2.36 bits per heavy atom. The summed E-state index contributed by atoms with van der Waals surface area (Å²) in [4.78, 5) is 22.3. The van der Waals surface area contributed by atoms with Gasteiger partial charge >= 0.3 is 5.97 Å². The molecule has 0 amide bonds. The van der Waals surface area contributed by atoms with Gasteiger partial charge in [0.05, 0.1) is 17.1 Å². The number of benzene rings is 1. The molecular formula is C17H23NO4. The standard InChI is InChI=1S/C17H23NO4/c1-12-9-10-17(4,16(12,2)3)11-22-15(19)13-5-7-14(8-6-13)18(20)21/h5-8,12H,9-11H2,1-4H3/t12-,17-/m1/s1. The fourth-order valence-electron chi connectivity index (χ4n) is 3.10. The average Bonchev–Trinajstić information content (AvgIpc) is 2.69. The highest BCUT2D eigenvalue weighted by molar-refractivity contribution is 5.89. The summed E-state index contributed by atoms with van der Waals surface area (Å²) in [5.41, 5.74) is 0.387. The largest absolute Gasteiger partial charge is 0.461 e. The molecule has 0 bridgehead atoms. The zero-order chi connectivity index (χ0) is 16.5. The van der Waals surface area contributed by atoms with E-state index in [0.717, 1.165) is 12.8 Å². The number of nitro benzene ring substituents is 1. The molecule has 2 rings (SSSR count). The number of nitro groups is 1. The van der Waals surface area contributed by atoms with Crippen molar-refractivity contribution in [3.63, 3.8) is 0 Å². The minimum atomic E-state index is -0.488. The molecule has 5 nitrogen and oxygen atoms in total. The molecule has 1 aliphatic rings. The van der Waals surface area contributed by atoms with Crippen molar-refractivity contribution in [3.05, 3.63) is 39.9 Å². The van der Waals surface area contributed by atoms with Gasteiger partial charge in [-0.05, 0) is 36.3 Å². The van der Waals surface area contributed by atoms with Gasteiger partial charge in [0.2, 0.25) is 0 Å². The first-order valence-corrected chi connectivity index (χ1v) is 7.59. The van der Waals surface area contributed by atoms with Gasteiger partial charge in [0.15, 0.2) is 0 Å². The maximum atomic E-state index is 12.1. The van der Waals surface area contributed by atoms with E-state index in [9.17, 15) is 14.9 Å². The molecule has 1 aromatic rings. The van der Waals surface area contributed by atoms with E-state index in [1.807, 2.05) is 0 Å². The van der Waals surface area contributed by atoms with Gasteiger partial charge in [0.25, 0.3) is 5.69 Å². The molecule has 0 N–H and O–H groups in total. The van der Waals surface area contributed by atoms with Crippen LogP contribution in [0, 0.1) is 26.9 Å². The fraction of sp³-hybridized carbons (Fsp3) is 0.588. The van der Waals surface area contributed by atoms with Crippen LogP contribution >= 0.6 is 0 Å². The Kier molecular flexibility index (Phi) is 4.27. The van der Waals surface area contributed by atoms with E-state index in [4.69, 9.17) is 4.74 Å². The van der Waals surface area contributed by atoms with E-state index in [1.165, 1.54) is 24.3 Å². The Morgan fingerprint density at radius 1 is 1.32 bits per heavy atom. The molecule has 0 unspecified atom stereocenters. The summed E-state index contributed by atoms with van der Waals surface area (Å²) in [7, 11) is 0. The number of hydrogen-bond acceptors (Lipinski definition) is 4. The zero-order valence-corrected chi connectivity index (χ0v) is 13.6. The first-order valence-electron chi connectivity index (χ1n) is 7.59. The number of carbonyl (C=O) groups excluding carboxylic acids is 1. The number of hydrogen-bond donors (Lipinski definition) is 0. The summed E-state index contributed by atoms with van der Waals surface area (Å²) >= 11 is 0. The Bertz CT molecular complexity index is 579. The number of carbonyl (C=O) groups is 1. The highest BCUT2D eigenvalue weighted by Gasteiger charge is 2.50. The van der Waals surface area contributed by atoms with E-state index in [1.54, 1.807) is 0 Å². The molecule has 0 saturated heterocycles. The van der Waals surface area contributed by atoms with Crippen LogP contribution in [-0.2, 0) is 4.74 Å². The van der Waals surface area contributed by atoms with Gasteiger partial charge in [-0.15, -0.1) is 0 Å². The van der Waals surface area contributed by atoms with Crippen molar-refractivity contribution in [1.29, 1.82) is 0 Å². The van der Waals surface area contributed by atoms with Crippen molar-refractivity contribution in [2.75, 3.05) is 6.61 Å². The predicted molar refractivity (Wildman–Crippen MR) is 83.7 cm³/mol. The smallest absolute Gasteiger partial charge is 0.338 e. The van der Waals surface area contributed by atoms with Gasteiger partial charge in [-0.3, -0.25) is 10.1 Å². The van der Waals surface area contributed by atoms with Crippen molar-refractivity contribution in [2.24, 2.45) is 16.7 Å². The molecule has 5 heteroatoms. The molecule has 0 aliphatic heterocycles. The van der Waals surface area contributed by atoms with Crippen LogP contribution in [0.2, 0.25) is 0 Å². The van der Waals surface area contributed by atoms with E-state index in [0.29, 0.717) is 18.1 Å². The normalized spacial score (nSPS) is 26.6. The monoisotopic (exact) mass is 305 g/mol. The van der Waals surface area contributed by atoms with E-state index in [2.05, 4.69) is 27.7 Å². The molecular weight excluding hydrogens is 282 g/mol. The second-order valence-corrected chi connectivity index (χ2v) is 7.10. The maximum Gasteiger partial charge on any atom is 0.338 e. The minimum absolute atomic E-state index is 0.0331. The Morgan fingerprint density at radius 2 is 1.91 bits per heavy atom. The third-order valence-corrected chi connectivity index (χ3v) is 5.75. The molecule has 1 aliphatic carbocycles. The second-order valence-electron chi connectivity index (χ2n) is 7.10. The lowest BCUT2D eigenvalue weighted by Crippen LogP contribution is -2.37. The van der Waals surface area contributed by atoms with Crippen LogP contribution in [-0.4, -0.2) is 17.5 Å². The fourth-order valence-corrected chi connectivity index (χ4v) is 3.10. The molecule has 2 atom stereocenters. The first-order chi connectivity index (χ1) is 10.2. The van der Waals surface area contributed by atoms with Gasteiger partial charge < -0.3 is 4.74 Å². The Hall–Kier alpha value is -1.91. The van der Waals surface area contributed by atoms with E-state index in [-0.39, 0.29) is 16.5 Å². The van der Waals surface area contributed by atoms with Gasteiger partial charge in [-0.1, -0.05) is 27.7 Å². The predicted octanol–water partition coefficient (Wildman–Crippen LogP) is 4.21. The lowest BCUT2D eigenvalue weighted by molar-refractivity contribution is -0.384. The average molecular weight is 305 g/mol. The Balaban J connectivity index is 2.02. The molecule has 0 heterocycles. The van der Waals surface area contributed by atoms with E-state index < -0.39 is 10.9 Å². The Labute approximate surface area is 130 Å². The number of rotatable bonds is 4. The van der Waals surface area contributed by atoms with Gasteiger partial charge in [0.1, 0.15) is 0 Å². The number of nitrogens with zero attached hydrogens (tertiary/aromatic N) is 1. The highest BCUT2D eigenvalue weighted by atomic mass is 16.6. The lowest BCUT2D eigenvalue weighted by atomic mass is 9.66. The molecule has 0 spiro atoms. The van der Waals surface area contributed by atoms with E-state index >= 15 is 0 Å². The summed E-state index contributed by atoms with van der Waals surface area (Å²) in [6, 6.07) is 5.51. The molecule has 120 valence electrons. The van der Waals surface area contributed by atoms with Crippen LogP contribution in [0.15, 0.2) is 24.3 Å². The number of esters is 1. The number of non-ortho nitro benzene ring substituents is 1. The van der Waals surface area contributed by atoms with Crippen LogP contribution < -0.4 is 0 Å². The summed E-state index contributed by atoms with van der Waals surface area (Å²) in [5.74, 6) is 0.169.